The van der Waals surface area contributed by atoms with E-state index in [2.05, 4.69) is 43.3 Å². The molecule has 0 bridgehead atoms. The minimum absolute atomic E-state index is 0.211. The summed E-state index contributed by atoms with van der Waals surface area (Å²) in [4.78, 5) is 12.7. The first-order valence-electron chi connectivity index (χ1n) is 4.66. The number of carbonyl (C=O) groups is 1. The van der Waals surface area contributed by atoms with E-state index in [0.717, 1.165) is 19.6 Å². The van der Waals surface area contributed by atoms with Gasteiger partial charge in [-0.25, -0.2) is 0 Å². The number of carbonyl (C=O) groups excluding carboxylic acids is 1. The largest absolute Gasteiger partial charge is 0.293 e. The highest BCUT2D eigenvalue weighted by Crippen LogP contribution is 2.33. The lowest BCUT2D eigenvalue weighted by molar-refractivity contribution is 0.0986. The summed E-state index contributed by atoms with van der Waals surface area (Å²) in [7, 11) is 0. The highest BCUT2D eigenvalue weighted by atomic mass is 79.9. The fraction of sp³-hybridized carbons (Fsp3) is 0.182. The van der Waals surface area contributed by atoms with Gasteiger partial charge in [-0.15, -0.1) is 11.3 Å². The fourth-order valence-electron chi connectivity index (χ4n) is 1.30. The quantitative estimate of drug-likeness (QED) is 0.671. The van der Waals surface area contributed by atoms with Gasteiger partial charge in [-0.3, -0.25) is 4.79 Å². The highest BCUT2D eigenvalue weighted by molar-refractivity contribution is 9.13. The van der Waals surface area contributed by atoms with Crippen molar-refractivity contribution in [3.05, 3.63) is 41.6 Å². The molecule has 2 rings (SSSR count). The SMILES string of the molecule is O=C(CCc1ccsc1)c1cc(Br)c(Br)s1. The Morgan fingerprint density at radius 3 is 2.75 bits per heavy atom. The van der Waals surface area contributed by atoms with Gasteiger partial charge in [0.2, 0.25) is 0 Å². The van der Waals surface area contributed by atoms with Crippen molar-refractivity contribution in [2.45, 2.75) is 12.8 Å². The Balaban J connectivity index is 1.98. The molecule has 0 amide bonds. The molecule has 0 radical (unpaired) electrons. The van der Waals surface area contributed by atoms with Gasteiger partial charge in [0.05, 0.1) is 8.66 Å². The molecule has 2 aromatic heterocycles. The minimum Gasteiger partial charge on any atom is -0.293 e. The second kappa shape index (κ2) is 5.58. The molecule has 0 saturated carbocycles. The summed E-state index contributed by atoms with van der Waals surface area (Å²) in [5.74, 6) is 0.211. The number of aryl methyl sites for hydroxylation is 1. The van der Waals surface area contributed by atoms with Gasteiger partial charge in [0.1, 0.15) is 0 Å². The van der Waals surface area contributed by atoms with Gasteiger partial charge in [0, 0.05) is 10.9 Å². The standard InChI is InChI=1S/C11H8Br2OS2/c12-8-5-10(16-11(8)13)9(14)2-1-7-3-4-15-6-7/h3-6H,1-2H2. The number of ketones is 1. The molecule has 0 spiro atoms. The second-order valence-corrected chi connectivity index (χ2v) is 7.29. The summed E-state index contributed by atoms with van der Waals surface area (Å²) < 4.78 is 1.93. The number of hydrogen-bond acceptors (Lipinski definition) is 3. The van der Waals surface area contributed by atoms with Crippen molar-refractivity contribution in [1.29, 1.82) is 0 Å². The maximum atomic E-state index is 11.9. The van der Waals surface area contributed by atoms with E-state index >= 15 is 0 Å². The third-order valence-electron chi connectivity index (χ3n) is 2.14. The van der Waals surface area contributed by atoms with Crippen LogP contribution in [0, 0.1) is 0 Å². The zero-order chi connectivity index (χ0) is 11.5. The van der Waals surface area contributed by atoms with E-state index in [-0.39, 0.29) is 5.78 Å². The molecule has 0 N–H and O–H groups in total. The van der Waals surface area contributed by atoms with Gasteiger partial charge >= 0.3 is 0 Å². The van der Waals surface area contributed by atoms with Crippen LogP contribution in [0.1, 0.15) is 21.7 Å². The maximum absolute atomic E-state index is 11.9. The van der Waals surface area contributed by atoms with Crippen LogP contribution >= 0.6 is 54.5 Å². The van der Waals surface area contributed by atoms with E-state index in [1.807, 2.05) is 11.4 Å². The predicted octanol–water partition coefficient (Wildman–Crippen LogP) is 5.15. The van der Waals surface area contributed by atoms with Gasteiger partial charge in [-0.05, 0) is 66.7 Å². The van der Waals surface area contributed by atoms with Crippen LogP contribution in [-0.4, -0.2) is 5.78 Å². The number of Topliss-reactive ketones (excluding diaryl/α,β-unsaturated/α-hetero) is 1. The van der Waals surface area contributed by atoms with Crippen LogP contribution in [0.15, 0.2) is 31.2 Å². The first kappa shape index (κ1) is 12.5. The van der Waals surface area contributed by atoms with Gasteiger partial charge < -0.3 is 0 Å². The second-order valence-electron chi connectivity index (χ2n) is 3.29. The van der Waals surface area contributed by atoms with Crippen LogP contribution in [-0.2, 0) is 6.42 Å². The van der Waals surface area contributed by atoms with E-state index in [4.69, 9.17) is 0 Å². The molecule has 0 atom stereocenters. The molecule has 2 heterocycles. The predicted molar refractivity (Wildman–Crippen MR) is 76.7 cm³/mol. The summed E-state index contributed by atoms with van der Waals surface area (Å²) in [6.45, 7) is 0. The molecule has 5 heteroatoms. The normalized spacial score (nSPS) is 10.6. The first-order valence-corrected chi connectivity index (χ1v) is 8.00. The Morgan fingerprint density at radius 1 is 1.38 bits per heavy atom. The van der Waals surface area contributed by atoms with E-state index < -0.39 is 0 Å². The average molecular weight is 380 g/mol. The van der Waals surface area contributed by atoms with Crippen molar-refractivity contribution in [2.24, 2.45) is 0 Å². The topological polar surface area (TPSA) is 17.1 Å². The minimum atomic E-state index is 0.211. The Hall–Kier alpha value is 0.0300. The van der Waals surface area contributed by atoms with Crippen LogP contribution < -0.4 is 0 Å². The maximum Gasteiger partial charge on any atom is 0.173 e. The summed E-state index contributed by atoms with van der Waals surface area (Å²) in [5.41, 5.74) is 1.24. The number of hydrogen-bond donors (Lipinski definition) is 0. The van der Waals surface area contributed by atoms with Crippen LogP contribution in [0.4, 0.5) is 0 Å². The van der Waals surface area contributed by atoms with Gasteiger partial charge in [-0.2, -0.15) is 11.3 Å². The summed E-state index contributed by atoms with van der Waals surface area (Å²) in [6.07, 6.45) is 1.41. The molecule has 1 nitrogen and oxygen atoms in total. The molecule has 0 aromatic carbocycles. The molecule has 84 valence electrons. The molecule has 0 aliphatic rings. The molecule has 0 aliphatic carbocycles. The zero-order valence-electron chi connectivity index (χ0n) is 8.20. The molecule has 2 aromatic rings. The lowest BCUT2D eigenvalue weighted by Gasteiger charge is -1.95. The van der Waals surface area contributed by atoms with Crippen molar-refractivity contribution < 1.29 is 4.79 Å². The third kappa shape index (κ3) is 3.03. The lowest BCUT2D eigenvalue weighted by Crippen LogP contribution is -1.97. The number of rotatable bonds is 4. The average Bonchev–Trinajstić information content (AvgIpc) is 2.86. The Labute approximate surface area is 119 Å². The molecular weight excluding hydrogens is 372 g/mol. The molecule has 0 aliphatic heterocycles. The fourth-order valence-corrected chi connectivity index (χ4v) is 4.01. The monoisotopic (exact) mass is 378 g/mol. The van der Waals surface area contributed by atoms with Crippen LogP contribution in [0.5, 0.6) is 0 Å². The summed E-state index contributed by atoms with van der Waals surface area (Å²) in [5, 5.41) is 4.13. The third-order valence-corrected chi connectivity index (χ3v) is 6.17. The van der Waals surface area contributed by atoms with Gasteiger partial charge in [-0.1, -0.05) is 0 Å². The zero-order valence-corrected chi connectivity index (χ0v) is 13.0. The van der Waals surface area contributed by atoms with Gasteiger partial charge in [0.15, 0.2) is 5.78 Å². The molecule has 0 fully saturated rings. The Kier molecular flexibility index (Phi) is 4.35. The number of halogens is 2. The summed E-state index contributed by atoms with van der Waals surface area (Å²) in [6, 6.07) is 3.95. The van der Waals surface area contributed by atoms with E-state index in [9.17, 15) is 4.79 Å². The molecule has 16 heavy (non-hydrogen) atoms. The van der Waals surface area contributed by atoms with Crippen molar-refractivity contribution in [2.75, 3.05) is 0 Å². The van der Waals surface area contributed by atoms with Crippen LogP contribution in [0.25, 0.3) is 0 Å². The van der Waals surface area contributed by atoms with Crippen LogP contribution in [0.2, 0.25) is 0 Å². The van der Waals surface area contributed by atoms with E-state index in [1.165, 1.54) is 16.9 Å². The van der Waals surface area contributed by atoms with Crippen molar-refractivity contribution in [3.8, 4) is 0 Å². The van der Waals surface area contributed by atoms with E-state index in [1.54, 1.807) is 11.3 Å². The van der Waals surface area contributed by atoms with Gasteiger partial charge in [0.25, 0.3) is 0 Å². The van der Waals surface area contributed by atoms with Crippen molar-refractivity contribution in [3.63, 3.8) is 0 Å². The lowest BCUT2D eigenvalue weighted by atomic mass is 10.1. The highest BCUT2D eigenvalue weighted by Gasteiger charge is 2.11. The van der Waals surface area contributed by atoms with Crippen molar-refractivity contribution >= 4 is 60.3 Å². The summed E-state index contributed by atoms with van der Waals surface area (Å²) >= 11 is 9.93. The van der Waals surface area contributed by atoms with E-state index in [0.29, 0.717) is 6.42 Å². The first-order chi connectivity index (χ1) is 7.66. The Morgan fingerprint density at radius 2 is 2.19 bits per heavy atom. The smallest absolute Gasteiger partial charge is 0.173 e. The molecular formula is C11H8Br2OS2. The molecule has 0 unspecified atom stereocenters. The van der Waals surface area contributed by atoms with Crippen LogP contribution in [0.3, 0.4) is 0 Å². The molecule has 0 saturated heterocycles. The Bertz CT molecular complexity index is 469. The number of thiophene rings is 2. The van der Waals surface area contributed by atoms with Crippen molar-refractivity contribution in [1.82, 2.24) is 0 Å².